The molecule has 1 aliphatic heterocycles. The highest BCUT2D eigenvalue weighted by Gasteiger charge is 2.47. The van der Waals surface area contributed by atoms with Crippen LogP contribution < -0.4 is 5.32 Å². The highest BCUT2D eigenvalue weighted by molar-refractivity contribution is 5.97. The van der Waals surface area contributed by atoms with Crippen LogP contribution in [0.25, 0.3) is 0 Å². The normalized spacial score (nSPS) is 18.9. The van der Waals surface area contributed by atoms with Crippen LogP contribution in [-0.4, -0.2) is 45.4 Å². The zero-order valence-electron chi connectivity index (χ0n) is 10.2. The Hall–Kier alpha value is -2.19. The number of alkyl halides is 3. The highest BCUT2D eigenvalue weighted by atomic mass is 19.4. The van der Waals surface area contributed by atoms with Gasteiger partial charge in [0.1, 0.15) is 6.04 Å². The second-order valence-corrected chi connectivity index (χ2v) is 4.22. The maximum absolute atomic E-state index is 12.4. The molecular formula is C11H11F3N4O2. The molecule has 108 valence electrons. The average Bonchev–Trinajstić information content (AvgIpc) is 2.87. The van der Waals surface area contributed by atoms with E-state index in [1.54, 1.807) is 0 Å². The lowest BCUT2D eigenvalue weighted by molar-refractivity contribution is -0.186. The zero-order valence-corrected chi connectivity index (χ0v) is 10.2. The van der Waals surface area contributed by atoms with E-state index in [1.807, 2.05) is 0 Å². The van der Waals surface area contributed by atoms with Crippen molar-refractivity contribution in [3.05, 3.63) is 18.5 Å². The number of carbonyl (C=O) groups is 2. The first-order valence-corrected chi connectivity index (χ1v) is 5.85. The van der Waals surface area contributed by atoms with Gasteiger partial charge in [-0.15, -0.1) is 0 Å². The molecule has 0 bridgehead atoms. The van der Waals surface area contributed by atoms with Gasteiger partial charge in [-0.25, -0.2) is 9.97 Å². The smallest absolute Gasteiger partial charge is 0.323 e. The summed E-state index contributed by atoms with van der Waals surface area (Å²) in [4.78, 5) is 31.1. The van der Waals surface area contributed by atoms with E-state index in [-0.39, 0.29) is 18.9 Å². The van der Waals surface area contributed by atoms with Gasteiger partial charge < -0.3 is 4.90 Å². The van der Waals surface area contributed by atoms with Gasteiger partial charge in [0, 0.05) is 18.9 Å². The number of halogens is 3. The van der Waals surface area contributed by atoms with E-state index in [0.717, 1.165) is 0 Å². The van der Waals surface area contributed by atoms with Gasteiger partial charge in [0.25, 0.3) is 0 Å². The van der Waals surface area contributed by atoms with Crippen molar-refractivity contribution >= 4 is 17.8 Å². The van der Waals surface area contributed by atoms with Crippen LogP contribution in [0, 0.1) is 0 Å². The first kappa shape index (κ1) is 14.2. The van der Waals surface area contributed by atoms with E-state index in [1.165, 1.54) is 18.5 Å². The Morgan fingerprint density at radius 2 is 1.95 bits per heavy atom. The summed E-state index contributed by atoms with van der Waals surface area (Å²) in [5, 5.41) is 2.30. The van der Waals surface area contributed by atoms with E-state index < -0.39 is 24.0 Å². The van der Waals surface area contributed by atoms with E-state index in [4.69, 9.17) is 0 Å². The minimum absolute atomic E-state index is 0.0104. The van der Waals surface area contributed by atoms with Crippen LogP contribution in [0.5, 0.6) is 0 Å². The van der Waals surface area contributed by atoms with Crippen molar-refractivity contribution in [3.63, 3.8) is 0 Å². The van der Waals surface area contributed by atoms with Crippen molar-refractivity contribution in [3.8, 4) is 0 Å². The lowest BCUT2D eigenvalue weighted by Crippen LogP contribution is -2.48. The van der Waals surface area contributed by atoms with Gasteiger partial charge in [0.2, 0.25) is 11.9 Å². The summed E-state index contributed by atoms with van der Waals surface area (Å²) in [6, 6.07) is 0.387. The zero-order chi connectivity index (χ0) is 14.8. The minimum atomic E-state index is -4.98. The first-order valence-electron chi connectivity index (χ1n) is 5.85. The number of amides is 2. The van der Waals surface area contributed by atoms with Crippen molar-refractivity contribution in [2.45, 2.75) is 25.1 Å². The number of hydrogen-bond acceptors (Lipinski definition) is 4. The van der Waals surface area contributed by atoms with Gasteiger partial charge in [0.15, 0.2) is 0 Å². The summed E-state index contributed by atoms with van der Waals surface area (Å²) < 4.78 is 37.3. The summed E-state index contributed by atoms with van der Waals surface area (Å²) in [6.07, 6.45) is -1.69. The molecule has 1 N–H and O–H groups in total. The molecule has 1 unspecified atom stereocenters. The van der Waals surface area contributed by atoms with Crippen LogP contribution in [-0.2, 0) is 9.59 Å². The van der Waals surface area contributed by atoms with E-state index >= 15 is 0 Å². The lowest BCUT2D eigenvalue weighted by Gasteiger charge is -2.24. The lowest BCUT2D eigenvalue weighted by atomic mass is 10.2. The number of anilines is 1. The summed E-state index contributed by atoms with van der Waals surface area (Å²) >= 11 is 0. The molecule has 0 aromatic carbocycles. The molecular weight excluding hydrogens is 277 g/mol. The van der Waals surface area contributed by atoms with Gasteiger partial charge in [-0.3, -0.25) is 14.9 Å². The minimum Gasteiger partial charge on any atom is -0.323 e. The Labute approximate surface area is 112 Å². The van der Waals surface area contributed by atoms with Gasteiger partial charge in [-0.2, -0.15) is 13.2 Å². The molecule has 1 aliphatic rings. The van der Waals surface area contributed by atoms with E-state index in [2.05, 4.69) is 15.3 Å². The van der Waals surface area contributed by atoms with Crippen molar-refractivity contribution in [1.82, 2.24) is 14.9 Å². The van der Waals surface area contributed by atoms with Crippen molar-refractivity contribution in [1.29, 1.82) is 0 Å². The molecule has 9 heteroatoms. The fraction of sp³-hybridized carbons (Fsp3) is 0.455. The van der Waals surface area contributed by atoms with Crippen LogP contribution in [0.1, 0.15) is 12.8 Å². The van der Waals surface area contributed by atoms with Gasteiger partial charge in [0.05, 0.1) is 0 Å². The predicted molar refractivity (Wildman–Crippen MR) is 61.5 cm³/mol. The van der Waals surface area contributed by atoms with Gasteiger partial charge >= 0.3 is 12.1 Å². The first-order chi connectivity index (χ1) is 9.39. The Bertz CT molecular complexity index is 506. The maximum atomic E-state index is 12.4. The number of hydrogen-bond donors (Lipinski definition) is 1. The number of nitrogens with zero attached hydrogens (tertiary/aromatic N) is 3. The van der Waals surface area contributed by atoms with E-state index in [0.29, 0.717) is 11.3 Å². The van der Waals surface area contributed by atoms with Crippen LogP contribution in [0.4, 0.5) is 19.1 Å². The summed E-state index contributed by atoms with van der Waals surface area (Å²) in [5.74, 6) is -2.72. The molecule has 2 heterocycles. The fourth-order valence-corrected chi connectivity index (χ4v) is 2.00. The molecule has 1 saturated heterocycles. The third kappa shape index (κ3) is 3.03. The monoisotopic (exact) mass is 288 g/mol. The summed E-state index contributed by atoms with van der Waals surface area (Å²) in [5.41, 5.74) is 0. The molecule has 6 nitrogen and oxygen atoms in total. The fourth-order valence-electron chi connectivity index (χ4n) is 2.00. The van der Waals surface area contributed by atoms with Crippen LogP contribution >= 0.6 is 0 Å². The maximum Gasteiger partial charge on any atom is 0.471 e. The van der Waals surface area contributed by atoms with Crippen LogP contribution in [0.15, 0.2) is 18.5 Å². The van der Waals surface area contributed by atoms with Crippen LogP contribution in [0.3, 0.4) is 0 Å². The van der Waals surface area contributed by atoms with Gasteiger partial charge in [-0.1, -0.05) is 0 Å². The van der Waals surface area contributed by atoms with Crippen molar-refractivity contribution in [2.75, 3.05) is 11.9 Å². The molecule has 1 atom stereocenters. The second-order valence-electron chi connectivity index (χ2n) is 4.22. The Balaban J connectivity index is 2.07. The third-order valence-electron chi connectivity index (χ3n) is 2.86. The molecule has 1 aromatic rings. The topological polar surface area (TPSA) is 75.2 Å². The molecule has 0 saturated carbocycles. The Morgan fingerprint density at radius 1 is 1.30 bits per heavy atom. The quantitative estimate of drug-likeness (QED) is 0.880. The standard InChI is InChI=1S/C11H11F3N4O2/c12-11(13,14)9(20)18-6-1-3-7(18)8(19)17-10-15-4-2-5-16-10/h2,4-5,7H,1,3,6H2,(H,15,16,17,19). The summed E-state index contributed by atoms with van der Waals surface area (Å²) in [6.45, 7) is -0.0912. The molecule has 1 aromatic heterocycles. The SMILES string of the molecule is O=C(Nc1ncccn1)C1CCCN1C(=O)C(F)(F)F. The second kappa shape index (κ2) is 5.43. The largest absolute Gasteiger partial charge is 0.471 e. The summed E-state index contributed by atoms with van der Waals surface area (Å²) in [7, 11) is 0. The molecule has 0 aliphatic carbocycles. The Kier molecular flexibility index (Phi) is 3.86. The predicted octanol–water partition coefficient (Wildman–Crippen LogP) is 0.968. The number of carbonyl (C=O) groups excluding carboxylic acids is 2. The molecule has 2 amide bonds. The van der Waals surface area contributed by atoms with E-state index in [9.17, 15) is 22.8 Å². The number of rotatable bonds is 2. The molecule has 1 fully saturated rings. The molecule has 0 radical (unpaired) electrons. The van der Waals surface area contributed by atoms with Crippen LogP contribution in [0.2, 0.25) is 0 Å². The number of aromatic nitrogens is 2. The molecule has 20 heavy (non-hydrogen) atoms. The van der Waals surface area contributed by atoms with Crippen molar-refractivity contribution in [2.24, 2.45) is 0 Å². The van der Waals surface area contributed by atoms with Gasteiger partial charge in [-0.05, 0) is 18.9 Å². The highest BCUT2D eigenvalue weighted by Crippen LogP contribution is 2.26. The molecule has 2 rings (SSSR count). The number of nitrogens with one attached hydrogen (secondary N) is 1. The average molecular weight is 288 g/mol. The molecule has 0 spiro atoms. The van der Waals surface area contributed by atoms with Crippen molar-refractivity contribution < 1.29 is 22.8 Å². The third-order valence-corrected chi connectivity index (χ3v) is 2.86. The Morgan fingerprint density at radius 3 is 2.55 bits per heavy atom. The number of likely N-dealkylation sites (tertiary alicyclic amines) is 1.